The van der Waals surface area contributed by atoms with E-state index in [1.54, 1.807) is 6.08 Å². The molecule has 3 saturated carbocycles. The molecule has 0 radical (unpaired) electrons. The van der Waals surface area contributed by atoms with Gasteiger partial charge in [0.25, 0.3) is 0 Å². The zero-order valence-corrected chi connectivity index (χ0v) is 31.0. The van der Waals surface area contributed by atoms with E-state index in [0.29, 0.717) is 54.7 Å². The second kappa shape index (κ2) is 14.9. The van der Waals surface area contributed by atoms with E-state index in [1.807, 2.05) is 6.08 Å². The third-order valence-electron chi connectivity index (χ3n) is 13.6. The Morgan fingerprint density at radius 2 is 1.87 bits per heavy atom. The van der Waals surface area contributed by atoms with E-state index in [-0.39, 0.29) is 30.9 Å². The summed E-state index contributed by atoms with van der Waals surface area (Å²) in [7, 11) is 1.27. The Morgan fingerprint density at radius 1 is 1.13 bits per heavy atom. The van der Waals surface area contributed by atoms with Crippen LogP contribution >= 0.6 is 0 Å². The molecule has 1 aromatic rings. The average Bonchev–Trinajstić information content (AvgIpc) is 3.82. The van der Waals surface area contributed by atoms with Crippen LogP contribution in [0.1, 0.15) is 108 Å². The van der Waals surface area contributed by atoms with E-state index in [9.17, 15) is 35.1 Å². The van der Waals surface area contributed by atoms with Crippen LogP contribution < -0.4 is 15.6 Å². The van der Waals surface area contributed by atoms with E-state index in [0.717, 1.165) is 36.6 Å². The maximum atomic E-state index is 13.1. The summed E-state index contributed by atoms with van der Waals surface area (Å²) in [6.45, 7) is 5.62. The first-order chi connectivity index (χ1) is 25.5. The molecule has 9 atom stereocenters. The summed E-state index contributed by atoms with van der Waals surface area (Å²) in [6.07, 6.45) is 8.11. The summed E-state index contributed by atoms with van der Waals surface area (Å²) in [4.78, 5) is 30.3. The van der Waals surface area contributed by atoms with Crippen LogP contribution in [-0.2, 0) is 28.5 Å². The maximum Gasteiger partial charge on any atom is 0.333 e. The monoisotopic (exact) mass is 738 g/mol. The van der Waals surface area contributed by atoms with E-state index < -0.39 is 71.6 Å². The van der Waals surface area contributed by atoms with Gasteiger partial charge in [-0.2, -0.15) is 5.69 Å². The third-order valence-corrected chi connectivity index (χ3v) is 13.6. The lowest BCUT2D eigenvalue weighted by atomic mass is 9.62. The molecule has 12 heteroatoms. The molecule has 7 rings (SSSR count). The molecule has 5 N–H and O–H groups in total. The summed E-state index contributed by atoms with van der Waals surface area (Å²) in [5, 5.41) is 57.4. The van der Waals surface area contributed by atoms with Gasteiger partial charge < -0.3 is 49.5 Å². The van der Waals surface area contributed by atoms with Crippen LogP contribution in [0.4, 0.5) is 0 Å². The van der Waals surface area contributed by atoms with E-state index in [4.69, 9.17) is 23.9 Å². The standard InChI is InChI=1S/C41H56NO11/c1-4-25-26(20-33(45)46)28(36(47)50-3)21-39(15-8-9-16-39)35(25)52-38-40(49)17-14-29-27-19-30(23(2)24-11-6-5-7-12-24)42-34(27)31(13-10-18-43)53-41(29,37(40)48)32(22-44)51-38/h4,19,21,23-26,32,35,37-38,43-44,48-49H,1,5-18,20,22H2,2-3H3,(H,45,46)/q-1. The number of rotatable bonds is 12. The number of carboxylic acid groups (broad SMARTS) is 1. The molecule has 4 aliphatic carbocycles. The minimum atomic E-state index is -1.99. The topological polar surface area (TPSA) is 186 Å². The highest BCUT2D eigenvalue weighted by Crippen LogP contribution is 2.57. The van der Waals surface area contributed by atoms with Crippen molar-refractivity contribution in [1.82, 2.24) is 4.98 Å². The Kier molecular flexibility index (Phi) is 10.8. The van der Waals surface area contributed by atoms with Crippen molar-refractivity contribution < 1.29 is 54.1 Å². The highest BCUT2D eigenvalue weighted by Gasteiger charge is 2.70. The van der Waals surface area contributed by atoms with Gasteiger partial charge in [-0.1, -0.05) is 62.6 Å². The molecule has 2 aliphatic heterocycles. The highest BCUT2D eigenvalue weighted by molar-refractivity contribution is 5.90. The number of aliphatic hydroxyl groups is 4. The second-order valence-corrected chi connectivity index (χ2v) is 16.4. The molecule has 1 saturated heterocycles. The smallest absolute Gasteiger partial charge is 0.333 e. The van der Waals surface area contributed by atoms with Crippen molar-refractivity contribution in [3.8, 4) is 0 Å². The predicted molar refractivity (Wildman–Crippen MR) is 192 cm³/mol. The Bertz CT molecular complexity index is 1720. The van der Waals surface area contributed by atoms with E-state index >= 15 is 0 Å². The predicted octanol–water partition coefficient (Wildman–Crippen LogP) is 2.68. The highest BCUT2D eigenvalue weighted by atomic mass is 16.7. The second-order valence-electron chi connectivity index (χ2n) is 16.4. The molecule has 4 fully saturated rings. The number of hydrogen-bond donors (Lipinski definition) is 5. The van der Waals surface area contributed by atoms with Crippen molar-refractivity contribution in [2.45, 2.75) is 139 Å². The summed E-state index contributed by atoms with van der Waals surface area (Å²) in [5.41, 5.74) is -2.42. The lowest BCUT2D eigenvalue weighted by Gasteiger charge is -2.61. The molecule has 3 heterocycles. The molecular formula is C41H56NO11-. The van der Waals surface area contributed by atoms with Crippen molar-refractivity contribution in [3.63, 3.8) is 0 Å². The Balaban J connectivity index is 1.29. The number of hydrogen-bond acceptors (Lipinski definition) is 10. The van der Waals surface area contributed by atoms with E-state index in [1.165, 1.54) is 26.4 Å². The van der Waals surface area contributed by atoms with Gasteiger partial charge in [-0.05, 0) is 67.6 Å². The Morgan fingerprint density at radius 3 is 2.51 bits per heavy atom. The molecule has 2 spiro atoms. The molecule has 2 bridgehead atoms. The van der Waals surface area contributed by atoms with Crippen molar-refractivity contribution >= 4 is 23.3 Å². The van der Waals surface area contributed by atoms with Gasteiger partial charge in [0.15, 0.2) is 11.9 Å². The van der Waals surface area contributed by atoms with Gasteiger partial charge in [0.1, 0.15) is 17.8 Å². The molecule has 0 aromatic carbocycles. The zero-order valence-electron chi connectivity index (χ0n) is 31.0. The number of nitrogens with zero attached hydrogens (tertiary/aromatic N) is 1. The van der Waals surface area contributed by atoms with Crippen molar-refractivity contribution in [1.29, 1.82) is 0 Å². The number of fused-ring (bicyclic) bond motifs is 2. The number of esters is 1. The van der Waals surface area contributed by atoms with E-state index in [2.05, 4.69) is 19.6 Å². The summed E-state index contributed by atoms with van der Waals surface area (Å²) < 4.78 is 25.4. The lowest BCUT2D eigenvalue weighted by Crippen LogP contribution is -2.78. The fourth-order valence-corrected chi connectivity index (χ4v) is 10.9. The van der Waals surface area contributed by atoms with Gasteiger partial charge in [0, 0.05) is 35.9 Å². The number of carboxylic acids is 1. The van der Waals surface area contributed by atoms with Crippen molar-refractivity contribution in [3.05, 3.63) is 46.6 Å². The number of carbonyl (C=O) groups excluding carboxylic acids is 1. The summed E-state index contributed by atoms with van der Waals surface area (Å²) in [6, 6.07) is 2.09. The maximum absolute atomic E-state index is 13.1. The Hall–Kier alpha value is -3.00. The first-order valence-electron chi connectivity index (χ1n) is 19.7. The average molecular weight is 739 g/mol. The summed E-state index contributed by atoms with van der Waals surface area (Å²) in [5.74, 6) is -1.99. The number of aliphatic carboxylic acids is 1. The number of aliphatic hydroxyl groups excluding tert-OH is 3. The minimum absolute atomic E-state index is 0.0574. The van der Waals surface area contributed by atoms with Crippen LogP contribution in [0.5, 0.6) is 0 Å². The molecular weight excluding hydrogens is 682 g/mol. The van der Waals surface area contributed by atoms with Crippen LogP contribution in [0.15, 0.2) is 30.4 Å². The summed E-state index contributed by atoms with van der Waals surface area (Å²) >= 11 is 0. The quantitative estimate of drug-likeness (QED) is 0.156. The third kappa shape index (κ3) is 6.21. The van der Waals surface area contributed by atoms with Gasteiger partial charge in [0.05, 0.1) is 32.0 Å². The van der Waals surface area contributed by atoms with Gasteiger partial charge >= 0.3 is 11.9 Å². The molecule has 0 amide bonds. The van der Waals surface area contributed by atoms with Gasteiger partial charge in [-0.15, -0.1) is 6.58 Å². The van der Waals surface area contributed by atoms with Gasteiger partial charge in [-0.25, -0.2) is 4.79 Å². The van der Waals surface area contributed by atoms with Gasteiger partial charge in [-0.3, -0.25) is 4.79 Å². The lowest BCUT2D eigenvalue weighted by molar-refractivity contribution is -0.378. The fraction of sp³-hybridized carbons (Fsp3) is 0.707. The zero-order chi connectivity index (χ0) is 37.7. The molecule has 53 heavy (non-hydrogen) atoms. The van der Waals surface area contributed by atoms with Gasteiger partial charge in [0.2, 0.25) is 0 Å². The molecule has 9 unspecified atom stereocenters. The number of aromatic nitrogens is 1. The number of methoxy groups -OCH3 is 1. The first-order valence-corrected chi connectivity index (χ1v) is 19.7. The normalized spacial score (nSPS) is 35.5. The van der Waals surface area contributed by atoms with Crippen LogP contribution in [0.2, 0.25) is 0 Å². The molecule has 6 aliphatic rings. The molecule has 12 nitrogen and oxygen atoms in total. The molecule has 1 aromatic heterocycles. The van der Waals surface area contributed by atoms with Crippen molar-refractivity contribution in [2.24, 2.45) is 23.2 Å². The minimum Gasteiger partial charge on any atom is -0.658 e. The first kappa shape index (κ1) is 38.3. The largest absolute Gasteiger partial charge is 0.658 e. The van der Waals surface area contributed by atoms with Crippen LogP contribution in [0.3, 0.4) is 0 Å². The number of ether oxygens (including phenoxy) is 4. The van der Waals surface area contributed by atoms with Crippen LogP contribution in [-0.4, -0.2) is 93.6 Å². The fourth-order valence-electron chi connectivity index (χ4n) is 10.9. The van der Waals surface area contributed by atoms with Crippen LogP contribution in [0, 0.1) is 23.2 Å². The SMILES string of the molecule is C=CC1C(CC(=O)O)C(C(=O)OC)=CC2(CCCC2)C1OC1OC(CO)C23OC(CCCO)=c4[n-]c(C(C)C5CCCCC5)cc4=C2CCC1(O)C3O. The molecule has 292 valence electrons. The van der Waals surface area contributed by atoms with Crippen LogP contribution in [0.25, 0.3) is 11.3 Å². The number of carbonyl (C=O) groups is 2. The Labute approximate surface area is 310 Å². The van der Waals surface area contributed by atoms with Crippen molar-refractivity contribution in [2.75, 3.05) is 20.3 Å².